The zero-order valence-corrected chi connectivity index (χ0v) is 16.0. The fourth-order valence-corrected chi connectivity index (χ4v) is 3.62. The van der Waals surface area contributed by atoms with Gasteiger partial charge in [-0.2, -0.15) is 0 Å². The maximum Gasteiger partial charge on any atom is 0.260 e. The molecule has 2 aliphatic heterocycles. The second-order valence-corrected chi connectivity index (χ2v) is 7.77. The van der Waals surface area contributed by atoms with Gasteiger partial charge in [0.2, 0.25) is 5.88 Å². The second kappa shape index (κ2) is 5.77. The molecule has 134 valence electrons. The number of amides is 1. The Kier molecular flexibility index (Phi) is 3.76. The Hall–Kier alpha value is -2.48. The Labute approximate surface area is 157 Å². The number of carbonyl (C=O) groups excluding carboxylic acids is 1. The first-order chi connectivity index (χ1) is 12.2. The molecule has 1 aromatic carbocycles. The molecule has 2 aromatic rings. The predicted molar refractivity (Wildman–Crippen MR) is 101 cm³/mol. The second-order valence-electron chi connectivity index (χ2n) is 6.91. The molecule has 0 spiro atoms. The summed E-state index contributed by atoms with van der Waals surface area (Å²) in [5, 5.41) is 2.79. The lowest BCUT2D eigenvalue weighted by Crippen LogP contribution is -2.33. The molecule has 6 nitrogen and oxygen atoms in total. The molecular weight excluding hydrogens is 403 g/mol. The fourth-order valence-electron chi connectivity index (χ4n) is 3.17. The zero-order valence-electron chi connectivity index (χ0n) is 14.4. The molecule has 0 fully saturated rings. The number of fused-ring (bicyclic) bond motifs is 3. The van der Waals surface area contributed by atoms with E-state index in [1.54, 1.807) is 13.3 Å². The first-order valence-electron chi connectivity index (χ1n) is 8.06. The molecular formula is C18H16BrFN4O2. The number of amidine groups is 1. The summed E-state index contributed by atoms with van der Waals surface area (Å²) in [5.41, 5.74) is 1.17. The van der Waals surface area contributed by atoms with Crippen LogP contribution >= 0.6 is 15.9 Å². The summed E-state index contributed by atoms with van der Waals surface area (Å²) in [4.78, 5) is 23.9. The lowest BCUT2D eigenvalue weighted by molar-refractivity contribution is 0.102. The van der Waals surface area contributed by atoms with Crippen LogP contribution in [-0.4, -0.2) is 35.1 Å². The number of aryl methyl sites for hydroxylation is 1. The summed E-state index contributed by atoms with van der Waals surface area (Å²) in [7, 11) is 0. The molecule has 0 radical (unpaired) electrons. The van der Waals surface area contributed by atoms with Crippen LogP contribution in [0.15, 0.2) is 37.1 Å². The minimum atomic E-state index is -0.390. The first-order valence-corrected chi connectivity index (χ1v) is 8.85. The van der Waals surface area contributed by atoms with Crippen LogP contribution in [0.3, 0.4) is 0 Å². The fraction of sp³-hybridized carbons (Fsp3) is 0.278. The molecule has 3 heterocycles. The molecule has 0 atom stereocenters. The average Bonchev–Trinajstić information content (AvgIpc) is 3.04. The third-order valence-corrected chi connectivity index (χ3v) is 4.90. The number of furan rings is 1. The highest BCUT2D eigenvalue weighted by Crippen LogP contribution is 2.37. The molecule has 0 saturated carbocycles. The molecule has 1 aromatic heterocycles. The van der Waals surface area contributed by atoms with Crippen LogP contribution in [0.4, 0.5) is 16.0 Å². The maximum atomic E-state index is 13.3. The predicted octanol–water partition coefficient (Wildman–Crippen LogP) is 4.26. The molecule has 4 rings (SSSR count). The number of aliphatic imine (C=N–C) groups is 2. The van der Waals surface area contributed by atoms with Gasteiger partial charge in [-0.05, 0) is 54.9 Å². The van der Waals surface area contributed by atoms with Crippen LogP contribution < -0.4 is 5.32 Å². The SMILES string of the molecule is Cc1oc2c(c1C(=O)Nc1ccc(F)cc1Br)C1=NC(C)(C)CN1C=N2. The van der Waals surface area contributed by atoms with E-state index in [0.717, 1.165) is 0 Å². The van der Waals surface area contributed by atoms with Crippen LogP contribution in [0.2, 0.25) is 0 Å². The average molecular weight is 419 g/mol. The highest BCUT2D eigenvalue weighted by molar-refractivity contribution is 9.10. The van der Waals surface area contributed by atoms with E-state index in [1.165, 1.54) is 18.2 Å². The van der Waals surface area contributed by atoms with E-state index in [0.29, 0.717) is 45.3 Å². The Morgan fingerprint density at radius 2 is 2.19 bits per heavy atom. The summed E-state index contributed by atoms with van der Waals surface area (Å²) in [5.74, 6) is 0.763. The highest BCUT2D eigenvalue weighted by atomic mass is 79.9. The topological polar surface area (TPSA) is 70.2 Å². The van der Waals surface area contributed by atoms with Gasteiger partial charge in [0.15, 0.2) is 0 Å². The number of halogens is 2. The molecule has 0 aliphatic carbocycles. The Bertz CT molecular complexity index is 993. The molecule has 1 amide bonds. The van der Waals surface area contributed by atoms with E-state index >= 15 is 0 Å². The van der Waals surface area contributed by atoms with E-state index in [-0.39, 0.29) is 17.3 Å². The summed E-state index contributed by atoms with van der Waals surface area (Å²) in [6, 6.07) is 4.08. The number of rotatable bonds is 2. The summed E-state index contributed by atoms with van der Waals surface area (Å²) < 4.78 is 19.4. The van der Waals surface area contributed by atoms with E-state index in [2.05, 4.69) is 26.2 Å². The number of nitrogens with zero attached hydrogens (tertiary/aromatic N) is 3. The lowest BCUT2D eigenvalue weighted by Gasteiger charge is -2.20. The lowest BCUT2D eigenvalue weighted by atomic mass is 10.1. The Morgan fingerprint density at radius 1 is 1.42 bits per heavy atom. The standard InChI is InChI=1S/C18H16BrFN4O2/c1-9-13(16(25)22-12-5-4-10(20)6-11(12)19)14-15-23-18(2,3)7-24(15)8-21-17(14)26-9/h4-6,8H,7H2,1-3H3,(H,22,25). The van der Waals surface area contributed by atoms with Crippen molar-refractivity contribution in [3.05, 3.63) is 45.4 Å². The molecule has 0 saturated heterocycles. The van der Waals surface area contributed by atoms with E-state index in [4.69, 9.17) is 9.41 Å². The van der Waals surface area contributed by atoms with Crippen LogP contribution in [0.1, 0.15) is 35.5 Å². The van der Waals surface area contributed by atoms with Crippen molar-refractivity contribution in [2.45, 2.75) is 26.3 Å². The number of hydrogen-bond acceptors (Lipinski definition) is 5. The molecule has 8 heteroatoms. The van der Waals surface area contributed by atoms with Gasteiger partial charge in [0.25, 0.3) is 5.91 Å². The number of hydrogen-bond donors (Lipinski definition) is 1. The Balaban J connectivity index is 1.76. The highest BCUT2D eigenvalue weighted by Gasteiger charge is 2.39. The Morgan fingerprint density at radius 3 is 2.92 bits per heavy atom. The largest absolute Gasteiger partial charge is 0.442 e. The van der Waals surface area contributed by atoms with E-state index in [1.807, 2.05) is 18.7 Å². The third-order valence-electron chi connectivity index (χ3n) is 4.25. The zero-order chi connectivity index (χ0) is 18.6. The van der Waals surface area contributed by atoms with Crippen molar-refractivity contribution in [3.63, 3.8) is 0 Å². The smallest absolute Gasteiger partial charge is 0.260 e. The summed E-state index contributed by atoms with van der Waals surface area (Å²) in [6.45, 7) is 6.44. The molecule has 0 unspecified atom stereocenters. The van der Waals surface area contributed by atoms with Crippen molar-refractivity contribution in [1.29, 1.82) is 0 Å². The van der Waals surface area contributed by atoms with Gasteiger partial charge < -0.3 is 14.6 Å². The van der Waals surface area contributed by atoms with Gasteiger partial charge in [0.05, 0.1) is 28.9 Å². The number of carbonyl (C=O) groups is 1. The maximum absolute atomic E-state index is 13.3. The first kappa shape index (κ1) is 17.0. The van der Waals surface area contributed by atoms with Crippen LogP contribution in [0.5, 0.6) is 0 Å². The van der Waals surface area contributed by atoms with Crippen molar-refractivity contribution in [2.75, 3.05) is 11.9 Å². The molecule has 0 bridgehead atoms. The minimum Gasteiger partial charge on any atom is -0.442 e. The molecule has 2 aliphatic rings. The van der Waals surface area contributed by atoms with Crippen molar-refractivity contribution in [1.82, 2.24) is 4.90 Å². The van der Waals surface area contributed by atoms with Gasteiger partial charge >= 0.3 is 0 Å². The van der Waals surface area contributed by atoms with Crippen molar-refractivity contribution >= 4 is 45.6 Å². The van der Waals surface area contributed by atoms with Crippen LogP contribution in [-0.2, 0) is 0 Å². The summed E-state index contributed by atoms with van der Waals surface area (Å²) in [6.07, 6.45) is 1.68. The van der Waals surface area contributed by atoms with Gasteiger partial charge in [-0.25, -0.2) is 9.38 Å². The number of benzene rings is 1. The van der Waals surface area contributed by atoms with E-state index < -0.39 is 0 Å². The van der Waals surface area contributed by atoms with Gasteiger partial charge in [-0.3, -0.25) is 9.79 Å². The minimum absolute atomic E-state index is 0.276. The molecule has 1 N–H and O–H groups in total. The van der Waals surface area contributed by atoms with Gasteiger partial charge in [0, 0.05) is 4.47 Å². The summed E-state index contributed by atoms with van der Waals surface area (Å²) >= 11 is 3.26. The van der Waals surface area contributed by atoms with Crippen molar-refractivity contribution < 1.29 is 13.6 Å². The quantitative estimate of drug-likeness (QED) is 0.791. The molecule has 26 heavy (non-hydrogen) atoms. The van der Waals surface area contributed by atoms with Crippen LogP contribution in [0, 0.1) is 12.7 Å². The van der Waals surface area contributed by atoms with Gasteiger partial charge in [-0.15, -0.1) is 0 Å². The normalized spacial score (nSPS) is 17.0. The van der Waals surface area contributed by atoms with Crippen molar-refractivity contribution in [2.24, 2.45) is 9.98 Å². The monoisotopic (exact) mass is 418 g/mol. The van der Waals surface area contributed by atoms with Gasteiger partial charge in [0.1, 0.15) is 23.8 Å². The third kappa shape index (κ3) is 2.74. The van der Waals surface area contributed by atoms with E-state index in [9.17, 15) is 9.18 Å². The number of nitrogens with one attached hydrogen (secondary N) is 1. The number of anilines is 1. The van der Waals surface area contributed by atoms with Crippen LogP contribution in [0.25, 0.3) is 0 Å². The van der Waals surface area contributed by atoms with Gasteiger partial charge in [-0.1, -0.05) is 0 Å². The van der Waals surface area contributed by atoms with Crippen molar-refractivity contribution in [3.8, 4) is 0 Å².